The van der Waals surface area contributed by atoms with Gasteiger partial charge in [0.1, 0.15) is 5.82 Å². The Bertz CT molecular complexity index is 1010. The van der Waals surface area contributed by atoms with Gasteiger partial charge in [-0.2, -0.15) is 5.10 Å². The molecule has 29 heavy (non-hydrogen) atoms. The van der Waals surface area contributed by atoms with Crippen LogP contribution in [0.4, 0.5) is 5.82 Å². The Morgan fingerprint density at radius 1 is 1.17 bits per heavy atom. The van der Waals surface area contributed by atoms with E-state index < -0.39 is 0 Å². The number of amides is 1. The van der Waals surface area contributed by atoms with Gasteiger partial charge >= 0.3 is 0 Å². The maximum absolute atomic E-state index is 12.7. The van der Waals surface area contributed by atoms with E-state index >= 15 is 0 Å². The van der Waals surface area contributed by atoms with E-state index in [1.807, 2.05) is 29.1 Å². The molecule has 0 bridgehead atoms. The zero-order valence-corrected chi connectivity index (χ0v) is 17.2. The second kappa shape index (κ2) is 8.16. The van der Waals surface area contributed by atoms with E-state index in [2.05, 4.69) is 51.1 Å². The maximum atomic E-state index is 12.7. The Morgan fingerprint density at radius 3 is 2.72 bits per heavy atom. The molecule has 8 nitrogen and oxygen atoms in total. The average Bonchev–Trinajstić information content (AvgIpc) is 3.16. The van der Waals surface area contributed by atoms with Crippen LogP contribution in [0.2, 0.25) is 0 Å². The average molecular weight is 393 g/mol. The molecule has 4 heterocycles. The summed E-state index contributed by atoms with van der Waals surface area (Å²) in [6.45, 7) is 8.44. The van der Waals surface area contributed by atoms with Crippen LogP contribution in [0.5, 0.6) is 0 Å². The summed E-state index contributed by atoms with van der Waals surface area (Å²) in [5.41, 5.74) is 2.35. The summed E-state index contributed by atoms with van der Waals surface area (Å²) in [7, 11) is 2.13. The Hall–Kier alpha value is -3.00. The molecule has 152 valence electrons. The molecule has 1 aliphatic heterocycles. The largest absolute Gasteiger partial charge is 0.354 e. The van der Waals surface area contributed by atoms with E-state index in [0.29, 0.717) is 12.1 Å². The molecule has 3 aromatic heterocycles. The van der Waals surface area contributed by atoms with E-state index in [9.17, 15) is 4.79 Å². The van der Waals surface area contributed by atoms with Gasteiger partial charge in [-0.15, -0.1) is 0 Å². The lowest BCUT2D eigenvalue weighted by atomic mass is 10.2. The topological polar surface area (TPSA) is 79.2 Å². The summed E-state index contributed by atoms with van der Waals surface area (Å²) in [5, 5.41) is 8.24. The number of hydrogen-bond donors (Lipinski definition) is 1. The third kappa shape index (κ3) is 4.07. The molecule has 1 aliphatic rings. The van der Waals surface area contributed by atoms with E-state index in [4.69, 9.17) is 0 Å². The number of rotatable bonds is 5. The predicted molar refractivity (Wildman–Crippen MR) is 113 cm³/mol. The smallest absolute Gasteiger partial charge is 0.253 e. The van der Waals surface area contributed by atoms with Gasteiger partial charge in [0.2, 0.25) is 0 Å². The highest BCUT2D eigenvalue weighted by atomic mass is 16.1. The van der Waals surface area contributed by atoms with Crippen molar-refractivity contribution >= 4 is 22.8 Å². The lowest BCUT2D eigenvalue weighted by Crippen LogP contribution is -2.45. The zero-order chi connectivity index (χ0) is 20.4. The van der Waals surface area contributed by atoms with Crippen molar-refractivity contribution in [1.29, 1.82) is 0 Å². The van der Waals surface area contributed by atoms with Gasteiger partial charge in [-0.25, -0.2) is 14.6 Å². The standard InChI is InChI=1S/C21H27N7O/c1-15(2)28-20-17(14-25-28)11-18(13-23-20)21(29)24-12-16-5-4-6-22-19(16)27-9-7-26(3)8-10-27/h4-6,11,13-15H,7-10,12H2,1-3H3,(H,24,29). The van der Waals surface area contributed by atoms with Crippen molar-refractivity contribution in [3.63, 3.8) is 0 Å². The summed E-state index contributed by atoms with van der Waals surface area (Å²) in [4.78, 5) is 26.3. The van der Waals surface area contributed by atoms with Crippen molar-refractivity contribution < 1.29 is 4.79 Å². The minimum Gasteiger partial charge on any atom is -0.354 e. The lowest BCUT2D eigenvalue weighted by Gasteiger charge is -2.34. The summed E-state index contributed by atoms with van der Waals surface area (Å²) in [6.07, 6.45) is 5.18. The van der Waals surface area contributed by atoms with Crippen molar-refractivity contribution in [2.45, 2.75) is 26.4 Å². The fraction of sp³-hybridized carbons (Fsp3) is 0.429. The number of nitrogens with zero attached hydrogens (tertiary/aromatic N) is 6. The normalized spacial score (nSPS) is 15.2. The lowest BCUT2D eigenvalue weighted by molar-refractivity contribution is 0.0950. The van der Waals surface area contributed by atoms with Gasteiger partial charge in [0.25, 0.3) is 5.91 Å². The molecule has 1 saturated heterocycles. The minimum atomic E-state index is -0.148. The van der Waals surface area contributed by atoms with Gasteiger partial charge in [0.05, 0.1) is 11.8 Å². The van der Waals surface area contributed by atoms with E-state index in [0.717, 1.165) is 48.6 Å². The molecule has 0 spiro atoms. The highest BCUT2D eigenvalue weighted by Crippen LogP contribution is 2.20. The summed E-state index contributed by atoms with van der Waals surface area (Å²) < 4.78 is 1.86. The van der Waals surface area contributed by atoms with Crippen LogP contribution in [0.1, 0.15) is 35.8 Å². The van der Waals surface area contributed by atoms with Crippen LogP contribution in [0.3, 0.4) is 0 Å². The number of carbonyl (C=O) groups is 1. The molecule has 3 aromatic rings. The molecule has 0 atom stereocenters. The second-order valence-electron chi connectivity index (χ2n) is 7.78. The zero-order valence-electron chi connectivity index (χ0n) is 17.2. The van der Waals surface area contributed by atoms with Crippen LogP contribution >= 0.6 is 0 Å². The summed E-state index contributed by atoms with van der Waals surface area (Å²) >= 11 is 0. The Labute approximate surface area is 170 Å². The number of likely N-dealkylation sites (N-methyl/N-ethyl adjacent to an activating group) is 1. The molecule has 0 unspecified atom stereocenters. The molecular formula is C21H27N7O. The second-order valence-corrected chi connectivity index (χ2v) is 7.78. The molecule has 0 radical (unpaired) electrons. The number of hydrogen-bond acceptors (Lipinski definition) is 6. The first-order chi connectivity index (χ1) is 14.0. The Kier molecular flexibility index (Phi) is 5.44. The first kappa shape index (κ1) is 19.3. The number of anilines is 1. The molecule has 0 aromatic carbocycles. The van der Waals surface area contributed by atoms with Gasteiger partial charge < -0.3 is 15.1 Å². The fourth-order valence-corrected chi connectivity index (χ4v) is 3.59. The van der Waals surface area contributed by atoms with Crippen molar-refractivity contribution in [2.75, 3.05) is 38.1 Å². The van der Waals surface area contributed by atoms with E-state index in [-0.39, 0.29) is 11.9 Å². The van der Waals surface area contributed by atoms with Gasteiger partial charge in [0.15, 0.2) is 5.65 Å². The van der Waals surface area contributed by atoms with Gasteiger partial charge in [0, 0.05) is 62.1 Å². The number of fused-ring (bicyclic) bond motifs is 1. The number of pyridine rings is 2. The molecule has 8 heteroatoms. The predicted octanol–water partition coefficient (Wildman–Crippen LogP) is 2.09. The SMILES string of the molecule is CC(C)n1ncc2cc(C(=O)NCc3cccnc3N3CCN(C)CC3)cnc21. The summed E-state index contributed by atoms with van der Waals surface area (Å²) in [5.74, 6) is 0.803. The van der Waals surface area contributed by atoms with E-state index in [1.54, 1.807) is 12.4 Å². The first-order valence-corrected chi connectivity index (χ1v) is 10.0. The number of aromatic nitrogens is 4. The molecule has 1 amide bonds. The van der Waals surface area contributed by atoms with Crippen LogP contribution in [-0.4, -0.2) is 63.8 Å². The number of nitrogens with one attached hydrogen (secondary N) is 1. The van der Waals surface area contributed by atoms with Crippen molar-refractivity contribution in [2.24, 2.45) is 0 Å². The van der Waals surface area contributed by atoms with Gasteiger partial charge in [-0.05, 0) is 33.0 Å². The molecular weight excluding hydrogens is 366 g/mol. The fourth-order valence-electron chi connectivity index (χ4n) is 3.59. The van der Waals surface area contributed by atoms with Crippen LogP contribution in [0, 0.1) is 0 Å². The van der Waals surface area contributed by atoms with E-state index in [1.165, 1.54) is 0 Å². The molecule has 4 rings (SSSR count). The maximum Gasteiger partial charge on any atom is 0.253 e. The molecule has 0 aliphatic carbocycles. The monoisotopic (exact) mass is 393 g/mol. The highest BCUT2D eigenvalue weighted by Gasteiger charge is 2.18. The van der Waals surface area contributed by atoms with Crippen LogP contribution in [0.25, 0.3) is 11.0 Å². The number of piperazine rings is 1. The van der Waals surface area contributed by atoms with Gasteiger partial charge in [-0.1, -0.05) is 6.07 Å². The van der Waals surface area contributed by atoms with Crippen molar-refractivity contribution in [3.8, 4) is 0 Å². The summed E-state index contributed by atoms with van der Waals surface area (Å²) in [6, 6.07) is 6.00. The Morgan fingerprint density at radius 2 is 1.97 bits per heavy atom. The highest BCUT2D eigenvalue weighted by molar-refractivity contribution is 5.96. The Balaban J connectivity index is 1.47. The third-order valence-electron chi connectivity index (χ3n) is 5.29. The van der Waals surface area contributed by atoms with Crippen LogP contribution in [-0.2, 0) is 6.54 Å². The van der Waals surface area contributed by atoms with Crippen molar-refractivity contribution in [1.82, 2.24) is 30.0 Å². The quantitative estimate of drug-likeness (QED) is 0.715. The van der Waals surface area contributed by atoms with Crippen LogP contribution in [0.15, 0.2) is 36.8 Å². The molecule has 0 saturated carbocycles. The third-order valence-corrected chi connectivity index (χ3v) is 5.29. The first-order valence-electron chi connectivity index (χ1n) is 10.0. The minimum absolute atomic E-state index is 0.148. The van der Waals surface area contributed by atoms with Crippen molar-refractivity contribution in [3.05, 3.63) is 47.9 Å². The van der Waals surface area contributed by atoms with Gasteiger partial charge in [-0.3, -0.25) is 4.79 Å². The molecule has 1 N–H and O–H groups in total. The number of carbonyl (C=O) groups excluding carboxylic acids is 1. The molecule has 1 fully saturated rings. The van der Waals surface area contributed by atoms with Crippen LogP contribution < -0.4 is 10.2 Å².